The van der Waals surface area contributed by atoms with Crippen LogP contribution in [0.4, 0.5) is 0 Å². The van der Waals surface area contributed by atoms with Crippen LogP contribution in [0.1, 0.15) is 84.5 Å². The zero-order valence-electron chi connectivity index (χ0n) is 14.7. The number of rotatable bonds is 11. The largest absolute Gasteiger partial charge is 0.331 e. The number of nitrogens with one attached hydrogen (secondary N) is 1. The molecule has 3 amide bonds. The Morgan fingerprint density at radius 2 is 1.74 bits per heavy atom. The topological polar surface area (TPSA) is 66.5 Å². The molecule has 1 N–H and O–H groups in total. The Labute approximate surface area is 140 Å². The van der Waals surface area contributed by atoms with Crippen LogP contribution in [-0.2, 0) is 14.4 Å². The van der Waals surface area contributed by atoms with Crippen molar-refractivity contribution in [2.24, 2.45) is 0 Å². The fraction of sp³-hybridized carbons (Fsp3) is 0.833. The van der Waals surface area contributed by atoms with Gasteiger partial charge >= 0.3 is 0 Å². The summed E-state index contributed by atoms with van der Waals surface area (Å²) in [6.07, 6.45) is 10.3. The maximum Gasteiger partial charge on any atom is 0.249 e. The fourth-order valence-electron chi connectivity index (χ4n) is 3.07. The van der Waals surface area contributed by atoms with Gasteiger partial charge in [0.25, 0.3) is 0 Å². The number of imide groups is 1. The molecular weight excluding hydrogens is 292 g/mol. The first kappa shape index (κ1) is 19.7. The number of carbonyl (C=O) groups is 3. The zero-order chi connectivity index (χ0) is 17.1. The van der Waals surface area contributed by atoms with Crippen molar-refractivity contribution in [3.63, 3.8) is 0 Å². The van der Waals surface area contributed by atoms with E-state index in [0.29, 0.717) is 25.8 Å². The molecule has 1 aliphatic rings. The van der Waals surface area contributed by atoms with Crippen LogP contribution in [0.2, 0.25) is 0 Å². The van der Waals surface area contributed by atoms with Gasteiger partial charge in [-0.15, -0.1) is 0 Å². The second kappa shape index (κ2) is 11.2. The SMILES string of the molecule is CCCCCCCCCC(=O)NC(=O)[C@H](CC)N1CCCC1=O. The van der Waals surface area contributed by atoms with Gasteiger partial charge < -0.3 is 4.90 Å². The number of unbranched alkanes of at least 4 members (excludes halogenated alkanes) is 6. The molecule has 0 bridgehead atoms. The van der Waals surface area contributed by atoms with E-state index in [1.54, 1.807) is 4.90 Å². The zero-order valence-corrected chi connectivity index (χ0v) is 14.7. The molecule has 0 aromatic heterocycles. The normalized spacial score (nSPS) is 15.7. The van der Waals surface area contributed by atoms with Crippen molar-refractivity contribution in [3.8, 4) is 0 Å². The molecule has 1 rings (SSSR count). The molecule has 0 aromatic carbocycles. The van der Waals surface area contributed by atoms with Gasteiger partial charge in [0, 0.05) is 19.4 Å². The maximum atomic E-state index is 12.2. The van der Waals surface area contributed by atoms with E-state index in [4.69, 9.17) is 0 Å². The van der Waals surface area contributed by atoms with E-state index in [9.17, 15) is 14.4 Å². The van der Waals surface area contributed by atoms with Crippen LogP contribution in [0.3, 0.4) is 0 Å². The van der Waals surface area contributed by atoms with Crippen LogP contribution in [0.15, 0.2) is 0 Å². The van der Waals surface area contributed by atoms with Crippen LogP contribution in [0.25, 0.3) is 0 Å². The third kappa shape index (κ3) is 7.14. The van der Waals surface area contributed by atoms with Crippen molar-refractivity contribution in [1.82, 2.24) is 10.2 Å². The second-order valence-electron chi connectivity index (χ2n) is 6.40. The van der Waals surface area contributed by atoms with Gasteiger partial charge in [-0.2, -0.15) is 0 Å². The van der Waals surface area contributed by atoms with Gasteiger partial charge in [-0.1, -0.05) is 52.4 Å². The third-order valence-electron chi connectivity index (χ3n) is 4.45. The first-order valence-corrected chi connectivity index (χ1v) is 9.23. The predicted molar refractivity (Wildman–Crippen MR) is 90.8 cm³/mol. The predicted octanol–water partition coefficient (Wildman–Crippen LogP) is 3.17. The molecular formula is C18H32N2O3. The molecule has 0 radical (unpaired) electrons. The summed E-state index contributed by atoms with van der Waals surface area (Å²) in [6, 6.07) is -0.497. The number of amides is 3. The van der Waals surface area contributed by atoms with E-state index in [-0.39, 0.29) is 17.7 Å². The summed E-state index contributed by atoms with van der Waals surface area (Å²) < 4.78 is 0. The van der Waals surface area contributed by atoms with Crippen molar-refractivity contribution in [3.05, 3.63) is 0 Å². The van der Waals surface area contributed by atoms with Crippen LogP contribution in [0.5, 0.6) is 0 Å². The summed E-state index contributed by atoms with van der Waals surface area (Å²) in [5, 5.41) is 2.47. The molecule has 23 heavy (non-hydrogen) atoms. The monoisotopic (exact) mass is 324 g/mol. The maximum absolute atomic E-state index is 12.2. The molecule has 1 heterocycles. The molecule has 0 aromatic rings. The average molecular weight is 324 g/mol. The number of likely N-dealkylation sites (tertiary alicyclic amines) is 1. The van der Waals surface area contributed by atoms with Gasteiger partial charge in [0.15, 0.2) is 0 Å². The number of hydrogen-bond donors (Lipinski definition) is 1. The summed E-state index contributed by atoms with van der Waals surface area (Å²) >= 11 is 0. The number of hydrogen-bond acceptors (Lipinski definition) is 3. The van der Waals surface area contributed by atoms with Crippen LogP contribution >= 0.6 is 0 Å². The smallest absolute Gasteiger partial charge is 0.249 e. The van der Waals surface area contributed by atoms with E-state index in [2.05, 4.69) is 12.2 Å². The van der Waals surface area contributed by atoms with Gasteiger partial charge in [-0.05, 0) is 19.3 Å². The van der Waals surface area contributed by atoms with Gasteiger partial charge in [0.1, 0.15) is 6.04 Å². The van der Waals surface area contributed by atoms with E-state index < -0.39 is 6.04 Å². The van der Waals surface area contributed by atoms with E-state index in [1.165, 1.54) is 25.7 Å². The molecule has 1 atom stereocenters. The van der Waals surface area contributed by atoms with E-state index >= 15 is 0 Å². The highest BCUT2D eigenvalue weighted by atomic mass is 16.2. The van der Waals surface area contributed by atoms with Crippen molar-refractivity contribution < 1.29 is 14.4 Å². The molecule has 5 heteroatoms. The van der Waals surface area contributed by atoms with Crippen LogP contribution in [0, 0.1) is 0 Å². The highest BCUT2D eigenvalue weighted by Gasteiger charge is 2.31. The number of carbonyl (C=O) groups excluding carboxylic acids is 3. The Morgan fingerprint density at radius 3 is 2.30 bits per heavy atom. The third-order valence-corrected chi connectivity index (χ3v) is 4.45. The van der Waals surface area contributed by atoms with Crippen LogP contribution < -0.4 is 5.32 Å². The van der Waals surface area contributed by atoms with Gasteiger partial charge in [-0.3, -0.25) is 19.7 Å². The lowest BCUT2D eigenvalue weighted by molar-refractivity contribution is -0.140. The van der Waals surface area contributed by atoms with Crippen LogP contribution in [-0.4, -0.2) is 35.2 Å². The summed E-state index contributed by atoms with van der Waals surface area (Å²) in [5.74, 6) is -0.518. The molecule has 0 saturated carbocycles. The molecule has 1 saturated heterocycles. The van der Waals surface area contributed by atoms with E-state index in [1.807, 2.05) is 6.92 Å². The minimum Gasteiger partial charge on any atom is -0.331 e. The Kier molecular flexibility index (Phi) is 9.57. The highest BCUT2D eigenvalue weighted by Crippen LogP contribution is 2.16. The summed E-state index contributed by atoms with van der Waals surface area (Å²) in [4.78, 5) is 37.4. The minimum atomic E-state index is -0.497. The molecule has 132 valence electrons. The molecule has 1 aliphatic heterocycles. The van der Waals surface area contributed by atoms with Gasteiger partial charge in [0.2, 0.25) is 17.7 Å². The second-order valence-corrected chi connectivity index (χ2v) is 6.40. The van der Waals surface area contributed by atoms with Crippen molar-refractivity contribution >= 4 is 17.7 Å². The Balaban J connectivity index is 2.21. The lowest BCUT2D eigenvalue weighted by atomic mass is 10.1. The average Bonchev–Trinajstić information content (AvgIpc) is 2.93. The summed E-state index contributed by atoms with van der Waals surface area (Å²) in [6.45, 7) is 4.69. The lowest BCUT2D eigenvalue weighted by Gasteiger charge is -2.25. The Bertz CT molecular complexity index is 396. The van der Waals surface area contributed by atoms with Crippen molar-refractivity contribution in [1.29, 1.82) is 0 Å². The quantitative estimate of drug-likeness (QED) is 0.594. The lowest BCUT2D eigenvalue weighted by Crippen LogP contribution is -2.48. The summed E-state index contributed by atoms with van der Waals surface area (Å²) in [7, 11) is 0. The Morgan fingerprint density at radius 1 is 1.09 bits per heavy atom. The van der Waals surface area contributed by atoms with Gasteiger partial charge in [0.05, 0.1) is 0 Å². The fourth-order valence-corrected chi connectivity index (χ4v) is 3.07. The van der Waals surface area contributed by atoms with Crippen molar-refractivity contribution in [2.45, 2.75) is 90.5 Å². The molecule has 5 nitrogen and oxygen atoms in total. The van der Waals surface area contributed by atoms with E-state index in [0.717, 1.165) is 25.7 Å². The minimum absolute atomic E-state index is 0.0199. The first-order valence-electron chi connectivity index (χ1n) is 9.23. The standard InChI is InChI=1S/C18H32N2O3/c1-3-5-6-7-8-9-10-12-16(21)19-18(23)15(4-2)20-14-11-13-17(20)22/h15H,3-14H2,1-2H3,(H,19,21,23)/t15-/m0/s1. The van der Waals surface area contributed by atoms with Gasteiger partial charge in [-0.25, -0.2) is 0 Å². The molecule has 0 spiro atoms. The Hall–Kier alpha value is -1.39. The van der Waals surface area contributed by atoms with Crippen molar-refractivity contribution in [2.75, 3.05) is 6.54 Å². The summed E-state index contributed by atoms with van der Waals surface area (Å²) in [5.41, 5.74) is 0. The molecule has 1 fully saturated rings. The first-order chi connectivity index (χ1) is 11.1. The molecule has 0 aliphatic carbocycles. The number of nitrogens with zero attached hydrogens (tertiary/aromatic N) is 1. The highest BCUT2D eigenvalue weighted by molar-refractivity contribution is 5.99. The molecule has 0 unspecified atom stereocenters.